The number of rotatable bonds is 10. The molecular formula is C22H22N2O11. The number of benzene rings is 1. The van der Waals surface area contributed by atoms with Crippen LogP contribution in [0.4, 0.5) is 5.69 Å². The fourth-order valence-corrected chi connectivity index (χ4v) is 4.47. The molecule has 0 radical (unpaired) electrons. The topological polar surface area (TPSA) is 208 Å². The lowest BCUT2D eigenvalue weighted by Crippen LogP contribution is -2.41. The van der Waals surface area contributed by atoms with Crippen molar-refractivity contribution >= 4 is 29.6 Å². The average molecular weight is 490 g/mol. The second-order valence-electron chi connectivity index (χ2n) is 8.15. The van der Waals surface area contributed by atoms with E-state index in [1.54, 1.807) is 0 Å². The number of allylic oxidation sites excluding steroid dienone is 2. The van der Waals surface area contributed by atoms with Gasteiger partial charge in [0.1, 0.15) is 0 Å². The second kappa shape index (κ2) is 9.54. The highest BCUT2D eigenvalue weighted by molar-refractivity contribution is 5.99. The summed E-state index contributed by atoms with van der Waals surface area (Å²) in [6.07, 6.45) is -0.307. The molecule has 1 aromatic rings. The van der Waals surface area contributed by atoms with Crippen molar-refractivity contribution in [2.75, 3.05) is 13.2 Å². The van der Waals surface area contributed by atoms with E-state index >= 15 is 0 Å². The Morgan fingerprint density at radius 1 is 1.00 bits per heavy atom. The third-order valence-corrected chi connectivity index (χ3v) is 6.08. The number of ether oxygens (including phenoxy) is 1. The van der Waals surface area contributed by atoms with E-state index < -0.39 is 52.2 Å². The smallest absolute Gasteiger partial charge is 0.322 e. The molecule has 13 nitrogen and oxygen atoms in total. The van der Waals surface area contributed by atoms with Gasteiger partial charge in [0.15, 0.2) is 11.8 Å². The number of carboxylic acids is 4. The molecule has 1 saturated heterocycles. The first kappa shape index (κ1) is 25.4. The molecule has 3 rings (SSSR count). The minimum Gasteiger partial charge on any atom is -0.480 e. The highest BCUT2D eigenvalue weighted by Gasteiger charge is 2.48. The van der Waals surface area contributed by atoms with Gasteiger partial charge in [0, 0.05) is 29.4 Å². The molecule has 2 heterocycles. The third kappa shape index (κ3) is 4.84. The van der Waals surface area contributed by atoms with Crippen molar-refractivity contribution in [2.45, 2.75) is 25.9 Å². The van der Waals surface area contributed by atoms with Crippen LogP contribution in [0, 0.1) is 22.0 Å². The molecule has 35 heavy (non-hydrogen) atoms. The molecule has 0 amide bonds. The van der Waals surface area contributed by atoms with Gasteiger partial charge in [-0.1, -0.05) is 12.1 Å². The van der Waals surface area contributed by atoms with E-state index in [-0.39, 0.29) is 40.8 Å². The molecule has 1 aromatic carbocycles. The lowest BCUT2D eigenvalue weighted by Gasteiger charge is -2.41. The summed E-state index contributed by atoms with van der Waals surface area (Å²) in [5, 5.41) is 50.6. The quantitative estimate of drug-likeness (QED) is 0.159. The van der Waals surface area contributed by atoms with Gasteiger partial charge in [-0.25, -0.2) is 0 Å². The van der Waals surface area contributed by atoms with Crippen LogP contribution in [0.15, 0.2) is 46.8 Å². The number of non-ortho nitro benzene ring substituents is 1. The zero-order valence-electron chi connectivity index (χ0n) is 18.6. The molecule has 0 saturated carbocycles. The van der Waals surface area contributed by atoms with Crippen molar-refractivity contribution in [1.29, 1.82) is 0 Å². The summed E-state index contributed by atoms with van der Waals surface area (Å²) in [5.74, 6) is -12.9. The molecule has 1 unspecified atom stereocenters. The average Bonchev–Trinajstić information content (AvgIpc) is 3.57. The Hall–Kier alpha value is -4.26. The summed E-state index contributed by atoms with van der Waals surface area (Å²) in [6.45, 7) is 3.35. The Bertz CT molecular complexity index is 1100. The zero-order valence-corrected chi connectivity index (χ0v) is 18.6. The maximum atomic E-state index is 12.1. The van der Waals surface area contributed by atoms with E-state index in [0.29, 0.717) is 6.61 Å². The van der Waals surface area contributed by atoms with E-state index in [1.807, 2.05) is 0 Å². The number of hydrogen-bond acceptors (Lipinski definition) is 8. The fraction of sp³-hybridized carbons (Fsp3) is 0.364. The Morgan fingerprint density at radius 2 is 1.46 bits per heavy atom. The predicted octanol–water partition coefficient (Wildman–Crippen LogP) is 1.51. The van der Waals surface area contributed by atoms with Crippen LogP contribution in [-0.2, 0) is 23.9 Å². The van der Waals surface area contributed by atoms with Crippen LogP contribution in [0.3, 0.4) is 0 Å². The van der Waals surface area contributed by atoms with Gasteiger partial charge in [-0.3, -0.25) is 29.3 Å². The SMILES string of the molecule is CC1=C(C(C(=O)O)C(=O)O)C(c2cccc([N+](=O)[O-])c2)C(C(C(=O)O)C(=O)O)=C(C)N1CC1CO1. The van der Waals surface area contributed by atoms with Crippen molar-refractivity contribution in [3.63, 3.8) is 0 Å². The van der Waals surface area contributed by atoms with Crippen molar-refractivity contribution in [3.05, 3.63) is 62.5 Å². The number of nitro benzene ring substituents is 1. The molecule has 13 heteroatoms. The van der Waals surface area contributed by atoms with Crippen molar-refractivity contribution in [2.24, 2.45) is 11.8 Å². The molecular weight excluding hydrogens is 468 g/mol. The number of nitrogens with zero attached hydrogens (tertiary/aromatic N) is 2. The molecule has 1 atom stereocenters. The van der Waals surface area contributed by atoms with Crippen LogP contribution in [0.5, 0.6) is 0 Å². The summed E-state index contributed by atoms with van der Waals surface area (Å²) in [5.41, 5.74) is -0.705. The molecule has 0 bridgehead atoms. The van der Waals surface area contributed by atoms with Gasteiger partial charge in [0.05, 0.1) is 24.2 Å². The van der Waals surface area contributed by atoms with Gasteiger partial charge in [0.25, 0.3) is 5.69 Å². The van der Waals surface area contributed by atoms with Crippen molar-refractivity contribution in [1.82, 2.24) is 4.90 Å². The predicted molar refractivity (Wildman–Crippen MR) is 115 cm³/mol. The summed E-state index contributed by atoms with van der Waals surface area (Å²) >= 11 is 0. The molecule has 0 spiro atoms. The lowest BCUT2D eigenvalue weighted by atomic mass is 9.71. The number of hydrogen-bond donors (Lipinski definition) is 4. The van der Waals surface area contributed by atoms with Gasteiger partial charge in [-0.05, 0) is 30.6 Å². The first-order valence-corrected chi connectivity index (χ1v) is 10.3. The summed E-state index contributed by atoms with van der Waals surface area (Å²) in [6, 6.07) is 4.80. The first-order valence-electron chi connectivity index (χ1n) is 10.3. The summed E-state index contributed by atoms with van der Waals surface area (Å²) in [7, 11) is 0. The molecule has 4 N–H and O–H groups in total. The van der Waals surface area contributed by atoms with Crippen LogP contribution in [0.25, 0.3) is 0 Å². The third-order valence-electron chi connectivity index (χ3n) is 6.08. The number of carboxylic acid groups (broad SMARTS) is 4. The normalized spacial score (nSPS) is 18.3. The van der Waals surface area contributed by atoms with Crippen LogP contribution in [0.1, 0.15) is 25.3 Å². The fourth-order valence-electron chi connectivity index (χ4n) is 4.47. The molecule has 186 valence electrons. The second-order valence-corrected chi connectivity index (χ2v) is 8.15. The molecule has 1 fully saturated rings. The van der Waals surface area contributed by atoms with E-state index in [2.05, 4.69) is 0 Å². The molecule has 0 aromatic heterocycles. The van der Waals surface area contributed by atoms with Gasteiger partial charge >= 0.3 is 23.9 Å². The highest BCUT2D eigenvalue weighted by Crippen LogP contribution is 2.48. The minimum atomic E-state index is -2.19. The van der Waals surface area contributed by atoms with E-state index in [4.69, 9.17) is 4.74 Å². The van der Waals surface area contributed by atoms with E-state index in [1.165, 1.54) is 30.9 Å². The number of epoxide rings is 1. The van der Waals surface area contributed by atoms with Crippen molar-refractivity contribution < 1.29 is 49.3 Å². The lowest BCUT2D eigenvalue weighted by molar-refractivity contribution is -0.384. The van der Waals surface area contributed by atoms with Crippen LogP contribution >= 0.6 is 0 Å². The largest absolute Gasteiger partial charge is 0.480 e. The molecule has 2 aliphatic rings. The maximum absolute atomic E-state index is 12.1. The Kier molecular flexibility index (Phi) is 6.91. The maximum Gasteiger partial charge on any atom is 0.322 e. The number of aliphatic carboxylic acids is 4. The van der Waals surface area contributed by atoms with Gasteiger partial charge in [0.2, 0.25) is 0 Å². The Balaban J connectivity index is 2.41. The van der Waals surface area contributed by atoms with Crippen LogP contribution < -0.4 is 0 Å². The monoisotopic (exact) mass is 490 g/mol. The number of carbonyl (C=O) groups is 4. The summed E-state index contributed by atoms with van der Waals surface area (Å²) in [4.78, 5) is 60.5. The van der Waals surface area contributed by atoms with Crippen molar-refractivity contribution in [3.8, 4) is 0 Å². The Labute approximate surface area is 197 Å². The van der Waals surface area contributed by atoms with E-state index in [0.717, 1.165) is 12.1 Å². The number of nitro groups is 1. The zero-order chi connectivity index (χ0) is 26.2. The first-order chi connectivity index (χ1) is 16.4. The van der Waals surface area contributed by atoms with Crippen LogP contribution in [-0.4, -0.2) is 73.4 Å². The standard InChI is InChI=1S/C22H22N2O11/c1-9-14(17(19(25)26)20(27)28)16(11-4-3-5-12(6-11)24(33)34)15(18(21(29)30)22(31)32)10(2)23(9)7-13-8-35-13/h3-6,13,16-18H,7-8H2,1-2H3,(H,25,26)(H,27,28)(H,29,30)(H,31,32). The van der Waals surface area contributed by atoms with Gasteiger partial charge in [-0.2, -0.15) is 0 Å². The van der Waals surface area contributed by atoms with E-state index in [9.17, 15) is 49.7 Å². The highest BCUT2D eigenvalue weighted by atomic mass is 16.6. The van der Waals surface area contributed by atoms with Crippen LogP contribution in [0.2, 0.25) is 0 Å². The summed E-state index contributed by atoms with van der Waals surface area (Å²) < 4.78 is 5.22. The Morgan fingerprint density at radius 3 is 1.83 bits per heavy atom. The van der Waals surface area contributed by atoms with Gasteiger partial charge < -0.3 is 30.1 Å². The minimum absolute atomic E-state index is 0.00905. The molecule has 0 aliphatic carbocycles. The molecule has 2 aliphatic heterocycles. The van der Waals surface area contributed by atoms with Gasteiger partial charge in [-0.15, -0.1) is 0 Å².